The molecule has 0 N–H and O–H groups in total. The molecule has 0 radical (unpaired) electrons. The molecule has 0 fully saturated rings. The summed E-state index contributed by atoms with van der Waals surface area (Å²) in [4.78, 5) is 0. The minimum Gasteiger partial charge on any atom is -0.0587 e. The van der Waals surface area contributed by atoms with Crippen LogP contribution in [0, 0.1) is 0 Å². The fraction of sp³-hybridized carbons (Fsp3) is 0.273. The maximum Gasteiger partial charge on any atom is 0.0257 e. The lowest BCUT2D eigenvalue weighted by molar-refractivity contribution is 0.875. The summed E-state index contributed by atoms with van der Waals surface area (Å²) < 4.78 is 2.39. The van der Waals surface area contributed by atoms with Gasteiger partial charge in [0, 0.05) is 8.95 Å². The minimum absolute atomic E-state index is 0.499. The van der Waals surface area contributed by atoms with Crippen LogP contribution >= 0.6 is 31.9 Å². The van der Waals surface area contributed by atoms with Crippen molar-refractivity contribution in [3.05, 3.63) is 56.5 Å². The van der Waals surface area contributed by atoms with Crippen molar-refractivity contribution in [3.8, 4) is 0 Å². The maximum absolute atomic E-state index is 3.81. The van der Waals surface area contributed by atoms with Crippen LogP contribution in [0.15, 0.2) is 45.3 Å². The van der Waals surface area contributed by atoms with Gasteiger partial charge in [-0.1, -0.05) is 83.8 Å². The Labute approximate surface area is 159 Å². The van der Waals surface area contributed by atoms with Gasteiger partial charge in [-0.2, -0.15) is 0 Å². The van der Waals surface area contributed by atoms with Crippen LogP contribution in [-0.2, 0) is 0 Å². The van der Waals surface area contributed by atoms with Gasteiger partial charge in [-0.25, -0.2) is 0 Å². The Morgan fingerprint density at radius 1 is 0.583 bits per heavy atom. The van der Waals surface area contributed by atoms with E-state index in [1.54, 1.807) is 0 Å². The van der Waals surface area contributed by atoms with E-state index < -0.39 is 0 Å². The molecule has 0 spiro atoms. The van der Waals surface area contributed by atoms with E-state index in [4.69, 9.17) is 0 Å². The van der Waals surface area contributed by atoms with E-state index in [2.05, 4.69) is 96.0 Å². The van der Waals surface area contributed by atoms with Gasteiger partial charge in [0.25, 0.3) is 0 Å². The summed E-state index contributed by atoms with van der Waals surface area (Å²) in [6.45, 7) is 9.09. The lowest BCUT2D eigenvalue weighted by Crippen LogP contribution is -1.96. The lowest BCUT2D eigenvalue weighted by atomic mass is 9.86. The van der Waals surface area contributed by atoms with Crippen molar-refractivity contribution in [3.63, 3.8) is 0 Å². The summed E-state index contributed by atoms with van der Waals surface area (Å²) in [5, 5.41) is 8.17. The molecule has 0 amide bonds. The molecule has 0 nitrogen and oxygen atoms in total. The number of rotatable bonds is 2. The fourth-order valence-electron chi connectivity index (χ4n) is 3.91. The van der Waals surface area contributed by atoms with Gasteiger partial charge in [-0.05, 0) is 67.4 Å². The topological polar surface area (TPSA) is 0 Å². The Balaban J connectivity index is 2.34. The first kappa shape index (κ1) is 16.4. The van der Waals surface area contributed by atoms with Gasteiger partial charge in [0.15, 0.2) is 0 Å². The molecule has 0 unspecified atom stereocenters. The van der Waals surface area contributed by atoms with Crippen molar-refractivity contribution in [2.24, 2.45) is 0 Å². The first-order valence-electron chi connectivity index (χ1n) is 8.49. The van der Waals surface area contributed by atoms with Crippen LogP contribution in [0.2, 0.25) is 0 Å². The molecule has 0 aromatic heterocycles. The predicted molar refractivity (Wildman–Crippen MR) is 114 cm³/mol. The Morgan fingerprint density at radius 2 is 0.917 bits per heavy atom. The Hall–Kier alpha value is -1.12. The Morgan fingerprint density at radius 3 is 1.25 bits per heavy atom. The van der Waals surface area contributed by atoms with Gasteiger partial charge in [0.05, 0.1) is 0 Å². The van der Waals surface area contributed by atoms with Crippen molar-refractivity contribution in [2.75, 3.05) is 0 Å². The van der Waals surface area contributed by atoms with Gasteiger partial charge in [0.2, 0.25) is 0 Å². The van der Waals surface area contributed by atoms with Crippen LogP contribution in [0.3, 0.4) is 0 Å². The van der Waals surface area contributed by atoms with Gasteiger partial charge < -0.3 is 0 Å². The zero-order valence-corrected chi connectivity index (χ0v) is 17.5. The van der Waals surface area contributed by atoms with E-state index in [1.807, 2.05) is 0 Å². The van der Waals surface area contributed by atoms with Crippen molar-refractivity contribution in [1.29, 1.82) is 0 Å². The number of hydrogen-bond donors (Lipinski definition) is 0. The summed E-state index contributed by atoms with van der Waals surface area (Å²) in [6, 6.07) is 13.7. The molecule has 2 heteroatoms. The molecule has 0 aliphatic carbocycles. The van der Waals surface area contributed by atoms with Crippen LogP contribution in [-0.4, -0.2) is 0 Å². The predicted octanol–water partition coefficient (Wildman–Crippen LogP) is 8.36. The highest BCUT2D eigenvalue weighted by Crippen LogP contribution is 2.44. The van der Waals surface area contributed by atoms with E-state index in [1.165, 1.54) is 52.4 Å². The van der Waals surface area contributed by atoms with Crippen molar-refractivity contribution < 1.29 is 0 Å². The zero-order chi connectivity index (χ0) is 17.2. The fourth-order valence-corrected chi connectivity index (χ4v) is 5.07. The first-order chi connectivity index (χ1) is 11.4. The third-order valence-electron chi connectivity index (χ3n) is 5.11. The molecule has 4 aromatic rings. The highest BCUT2D eigenvalue weighted by molar-refractivity contribution is 9.11. The molecular formula is C22H20Br2. The summed E-state index contributed by atoms with van der Waals surface area (Å²) >= 11 is 7.63. The van der Waals surface area contributed by atoms with E-state index in [9.17, 15) is 0 Å². The summed E-state index contributed by atoms with van der Waals surface area (Å²) in [7, 11) is 0. The van der Waals surface area contributed by atoms with Crippen LogP contribution in [0.25, 0.3) is 32.3 Å². The Bertz CT molecular complexity index is 986. The van der Waals surface area contributed by atoms with E-state index >= 15 is 0 Å². The van der Waals surface area contributed by atoms with Crippen LogP contribution in [0.4, 0.5) is 0 Å². The molecule has 4 aromatic carbocycles. The largest absolute Gasteiger partial charge is 0.0587 e. The van der Waals surface area contributed by atoms with Crippen molar-refractivity contribution >= 4 is 64.2 Å². The Kier molecular flexibility index (Phi) is 3.89. The van der Waals surface area contributed by atoms with Crippen molar-refractivity contribution in [1.82, 2.24) is 0 Å². The van der Waals surface area contributed by atoms with Gasteiger partial charge >= 0.3 is 0 Å². The normalized spacial score (nSPS) is 12.5. The second-order valence-electron chi connectivity index (χ2n) is 7.28. The van der Waals surface area contributed by atoms with Crippen molar-refractivity contribution in [2.45, 2.75) is 39.5 Å². The van der Waals surface area contributed by atoms with Crippen LogP contribution in [0.5, 0.6) is 0 Å². The second kappa shape index (κ2) is 5.71. The van der Waals surface area contributed by atoms with Gasteiger partial charge in [-0.3, -0.25) is 0 Å². The second-order valence-corrected chi connectivity index (χ2v) is 8.98. The lowest BCUT2D eigenvalue weighted by Gasteiger charge is -2.20. The highest BCUT2D eigenvalue weighted by Gasteiger charge is 2.18. The quantitative estimate of drug-likeness (QED) is 0.273. The third-order valence-corrected chi connectivity index (χ3v) is 6.42. The van der Waals surface area contributed by atoms with Crippen LogP contribution < -0.4 is 0 Å². The monoisotopic (exact) mass is 442 g/mol. The average molecular weight is 444 g/mol. The minimum atomic E-state index is 0.499. The van der Waals surface area contributed by atoms with Crippen LogP contribution in [0.1, 0.15) is 50.7 Å². The summed E-state index contributed by atoms with van der Waals surface area (Å²) in [5.41, 5.74) is 2.82. The highest BCUT2D eigenvalue weighted by atomic mass is 79.9. The van der Waals surface area contributed by atoms with E-state index in [0.29, 0.717) is 11.8 Å². The molecule has 0 bridgehead atoms. The van der Waals surface area contributed by atoms with Gasteiger partial charge in [-0.15, -0.1) is 0 Å². The summed E-state index contributed by atoms with van der Waals surface area (Å²) in [6.07, 6.45) is 0. The SMILES string of the molecule is CC(C)c1cc(Br)c2ccc3c(C(C)C)cc(Br)c4ccc1c2c43. The number of halogens is 2. The number of benzene rings is 4. The first-order valence-corrected chi connectivity index (χ1v) is 10.1. The molecule has 24 heavy (non-hydrogen) atoms. The molecular weight excluding hydrogens is 424 g/mol. The van der Waals surface area contributed by atoms with Gasteiger partial charge in [0.1, 0.15) is 0 Å². The molecule has 0 saturated carbocycles. The molecule has 0 saturated heterocycles. The smallest absolute Gasteiger partial charge is 0.0257 e. The van der Waals surface area contributed by atoms with E-state index in [-0.39, 0.29) is 0 Å². The molecule has 0 aliphatic rings. The molecule has 0 aliphatic heterocycles. The average Bonchev–Trinajstić information content (AvgIpc) is 2.54. The standard InChI is InChI=1S/C22H20Br2/c1-11(2)17-9-19(23)15-8-6-14-18(12(3)4)10-20(24)16-7-5-13(17)21(15)22(14)16/h5-12H,1-4H3. The number of hydrogen-bond acceptors (Lipinski definition) is 0. The third kappa shape index (κ3) is 2.23. The maximum atomic E-state index is 3.81. The molecule has 0 heterocycles. The zero-order valence-electron chi connectivity index (χ0n) is 14.4. The molecule has 122 valence electrons. The van der Waals surface area contributed by atoms with E-state index in [0.717, 1.165) is 0 Å². The molecule has 0 atom stereocenters. The molecule has 4 rings (SSSR count). The summed E-state index contributed by atoms with van der Waals surface area (Å²) in [5.74, 6) is 0.998.